The minimum atomic E-state index is -1.00. The third kappa shape index (κ3) is 3.49. The minimum Gasteiger partial charge on any atom is -0.453 e. The highest BCUT2D eigenvalue weighted by Crippen LogP contribution is 2.39. The number of nitrogens with zero attached hydrogens (tertiary/aromatic N) is 2. The standard InChI is InChI=1S/C21H16N2O3S2/c1-12-11-27-20(23-12)16(9-22)17(24)10-26-21(25)18-8-14-7-6-13-4-2-3-5-15(13)19(14)28-18/h2-5,8,11,16H,6-7,10H2,1H3/t16-/m0/s1. The molecular formula is C21H16N2O3S2. The topological polar surface area (TPSA) is 80.0 Å². The zero-order valence-electron chi connectivity index (χ0n) is 15.1. The average molecular weight is 409 g/mol. The lowest BCUT2D eigenvalue weighted by molar-refractivity contribution is -0.122. The first-order valence-corrected chi connectivity index (χ1v) is 10.5. The number of ketones is 1. The lowest BCUT2D eigenvalue weighted by Gasteiger charge is -2.15. The molecule has 0 bridgehead atoms. The predicted octanol–water partition coefficient (Wildman–Crippen LogP) is 4.31. The van der Waals surface area contributed by atoms with Crippen molar-refractivity contribution in [3.8, 4) is 16.5 Å². The number of carbonyl (C=O) groups excluding carboxylic acids is 2. The van der Waals surface area contributed by atoms with Gasteiger partial charge < -0.3 is 4.74 Å². The maximum atomic E-state index is 12.5. The molecule has 0 saturated carbocycles. The maximum absolute atomic E-state index is 12.5. The summed E-state index contributed by atoms with van der Waals surface area (Å²) in [5, 5.41) is 11.5. The first kappa shape index (κ1) is 18.5. The summed E-state index contributed by atoms with van der Waals surface area (Å²) in [4.78, 5) is 30.6. The quantitative estimate of drug-likeness (QED) is 0.588. The summed E-state index contributed by atoms with van der Waals surface area (Å²) in [6, 6.07) is 12.0. The van der Waals surface area contributed by atoms with Crippen LogP contribution in [0.1, 0.15) is 37.4 Å². The van der Waals surface area contributed by atoms with E-state index in [0.29, 0.717) is 9.88 Å². The Kier molecular flexibility index (Phi) is 5.07. The first-order chi connectivity index (χ1) is 13.6. The predicted molar refractivity (Wildman–Crippen MR) is 108 cm³/mol. The molecule has 28 heavy (non-hydrogen) atoms. The van der Waals surface area contributed by atoms with Gasteiger partial charge in [-0.05, 0) is 42.5 Å². The molecule has 140 valence electrons. The molecule has 1 aliphatic rings. The van der Waals surface area contributed by atoms with Crippen LogP contribution in [0.5, 0.6) is 0 Å². The summed E-state index contributed by atoms with van der Waals surface area (Å²) in [5.74, 6) is -2.00. The number of hydrogen-bond donors (Lipinski definition) is 0. The molecule has 5 nitrogen and oxygen atoms in total. The second-order valence-electron chi connectivity index (χ2n) is 6.55. The van der Waals surface area contributed by atoms with Gasteiger partial charge in [0, 0.05) is 16.0 Å². The molecule has 0 saturated heterocycles. The van der Waals surface area contributed by atoms with Crippen LogP contribution in [0, 0.1) is 18.3 Å². The summed E-state index contributed by atoms with van der Waals surface area (Å²) in [7, 11) is 0. The van der Waals surface area contributed by atoms with Crippen molar-refractivity contribution in [2.24, 2.45) is 0 Å². The number of nitriles is 1. The van der Waals surface area contributed by atoms with Crippen molar-refractivity contribution in [3.05, 3.63) is 62.4 Å². The first-order valence-electron chi connectivity index (χ1n) is 8.79. The molecule has 2 heterocycles. The van der Waals surface area contributed by atoms with E-state index in [1.165, 1.54) is 28.2 Å². The second kappa shape index (κ2) is 7.66. The van der Waals surface area contributed by atoms with Gasteiger partial charge in [-0.1, -0.05) is 24.3 Å². The molecule has 0 unspecified atom stereocenters. The Bertz CT molecular complexity index is 1110. The largest absolute Gasteiger partial charge is 0.453 e. The molecule has 2 aromatic heterocycles. The van der Waals surface area contributed by atoms with Gasteiger partial charge in [0.25, 0.3) is 0 Å². The van der Waals surface area contributed by atoms with Crippen molar-refractivity contribution in [2.75, 3.05) is 6.61 Å². The Morgan fingerprint density at radius 2 is 2.07 bits per heavy atom. The van der Waals surface area contributed by atoms with E-state index in [2.05, 4.69) is 17.1 Å². The third-order valence-corrected chi connectivity index (χ3v) is 6.83. The molecule has 4 rings (SSSR count). The fourth-order valence-corrected chi connectivity index (χ4v) is 5.26. The van der Waals surface area contributed by atoms with Crippen molar-refractivity contribution < 1.29 is 14.3 Å². The number of thiophene rings is 1. The van der Waals surface area contributed by atoms with Gasteiger partial charge in [-0.25, -0.2) is 9.78 Å². The molecule has 0 fully saturated rings. The van der Waals surface area contributed by atoms with Crippen molar-refractivity contribution in [3.63, 3.8) is 0 Å². The molecular weight excluding hydrogens is 392 g/mol. The lowest BCUT2D eigenvalue weighted by atomic mass is 9.91. The molecule has 0 amide bonds. The van der Waals surface area contributed by atoms with Gasteiger partial charge in [-0.3, -0.25) is 4.79 Å². The number of rotatable bonds is 5. The van der Waals surface area contributed by atoms with Gasteiger partial charge in [0.15, 0.2) is 18.3 Å². The summed E-state index contributed by atoms with van der Waals surface area (Å²) in [5.41, 5.74) is 4.33. The number of aromatic nitrogens is 1. The van der Waals surface area contributed by atoms with E-state index in [1.54, 1.807) is 12.3 Å². The number of thiazole rings is 1. The van der Waals surface area contributed by atoms with Gasteiger partial charge in [-0.15, -0.1) is 22.7 Å². The molecule has 0 aliphatic heterocycles. The van der Waals surface area contributed by atoms with Crippen molar-refractivity contribution >= 4 is 34.4 Å². The second-order valence-corrected chi connectivity index (χ2v) is 8.50. The average Bonchev–Trinajstić information content (AvgIpc) is 3.33. The van der Waals surface area contributed by atoms with Crippen LogP contribution in [0.4, 0.5) is 0 Å². The molecule has 1 aliphatic carbocycles. The van der Waals surface area contributed by atoms with E-state index >= 15 is 0 Å². The number of carbonyl (C=O) groups is 2. The van der Waals surface area contributed by atoms with Crippen LogP contribution in [-0.4, -0.2) is 23.3 Å². The van der Waals surface area contributed by atoms with Crippen molar-refractivity contribution in [1.29, 1.82) is 5.26 Å². The van der Waals surface area contributed by atoms with Crippen LogP contribution in [0.3, 0.4) is 0 Å². The zero-order chi connectivity index (χ0) is 19.7. The summed E-state index contributed by atoms with van der Waals surface area (Å²) >= 11 is 2.65. The van der Waals surface area contributed by atoms with E-state index < -0.39 is 24.3 Å². The van der Waals surface area contributed by atoms with Gasteiger partial charge in [0.05, 0.1) is 6.07 Å². The Labute approximate surface area is 170 Å². The lowest BCUT2D eigenvalue weighted by Crippen LogP contribution is -2.19. The summed E-state index contributed by atoms with van der Waals surface area (Å²) < 4.78 is 5.21. The molecule has 1 atom stereocenters. The van der Waals surface area contributed by atoms with Crippen LogP contribution in [0.15, 0.2) is 35.7 Å². The van der Waals surface area contributed by atoms with E-state index in [0.717, 1.165) is 34.5 Å². The van der Waals surface area contributed by atoms with Crippen molar-refractivity contribution in [1.82, 2.24) is 4.98 Å². The smallest absolute Gasteiger partial charge is 0.348 e. The zero-order valence-corrected chi connectivity index (χ0v) is 16.7. The molecule has 1 aromatic carbocycles. The Hall–Kier alpha value is -2.82. The highest BCUT2D eigenvalue weighted by atomic mass is 32.1. The van der Waals surface area contributed by atoms with Crippen LogP contribution < -0.4 is 0 Å². The van der Waals surface area contributed by atoms with Gasteiger partial charge in [0.2, 0.25) is 0 Å². The van der Waals surface area contributed by atoms with E-state index in [-0.39, 0.29) is 0 Å². The fraction of sp³-hybridized carbons (Fsp3) is 0.238. The monoisotopic (exact) mass is 408 g/mol. The number of aryl methyl sites for hydroxylation is 3. The summed E-state index contributed by atoms with van der Waals surface area (Å²) in [6.07, 6.45) is 1.83. The van der Waals surface area contributed by atoms with Crippen LogP contribution in [0.25, 0.3) is 10.4 Å². The number of hydrogen-bond acceptors (Lipinski definition) is 7. The number of esters is 1. The Morgan fingerprint density at radius 3 is 2.82 bits per heavy atom. The van der Waals surface area contributed by atoms with Crippen molar-refractivity contribution in [2.45, 2.75) is 25.7 Å². The summed E-state index contributed by atoms with van der Waals surface area (Å²) in [6.45, 7) is 1.37. The fourth-order valence-electron chi connectivity index (χ4n) is 3.23. The molecule has 0 radical (unpaired) electrons. The number of Topliss-reactive ketones (excluding diaryl/α,β-unsaturated/α-hetero) is 1. The van der Waals surface area contributed by atoms with Gasteiger partial charge >= 0.3 is 5.97 Å². The number of ether oxygens (including phenoxy) is 1. The van der Waals surface area contributed by atoms with Crippen LogP contribution in [0.2, 0.25) is 0 Å². The van der Waals surface area contributed by atoms with E-state index in [1.807, 2.05) is 24.3 Å². The van der Waals surface area contributed by atoms with Gasteiger partial charge in [0.1, 0.15) is 9.88 Å². The highest BCUT2D eigenvalue weighted by Gasteiger charge is 2.26. The maximum Gasteiger partial charge on any atom is 0.348 e. The number of benzene rings is 1. The SMILES string of the molecule is Cc1csc([C@@H](C#N)C(=O)COC(=O)c2cc3c(s2)-c2ccccc2CC3)n1. The molecule has 0 N–H and O–H groups in total. The van der Waals surface area contributed by atoms with Crippen LogP contribution in [-0.2, 0) is 22.4 Å². The third-order valence-electron chi connectivity index (χ3n) is 4.62. The molecule has 7 heteroatoms. The van der Waals surface area contributed by atoms with E-state index in [4.69, 9.17) is 4.74 Å². The molecule has 3 aromatic rings. The Morgan fingerprint density at radius 1 is 1.29 bits per heavy atom. The van der Waals surface area contributed by atoms with Gasteiger partial charge in [-0.2, -0.15) is 5.26 Å². The highest BCUT2D eigenvalue weighted by molar-refractivity contribution is 7.17. The normalized spacial score (nSPS) is 13.1. The van der Waals surface area contributed by atoms with E-state index in [9.17, 15) is 14.9 Å². The number of fused-ring (bicyclic) bond motifs is 3. The minimum absolute atomic E-state index is 0.434. The molecule has 0 spiro atoms. The van der Waals surface area contributed by atoms with Crippen LogP contribution >= 0.6 is 22.7 Å². The Balaban J connectivity index is 1.46.